The van der Waals surface area contributed by atoms with Gasteiger partial charge in [-0.2, -0.15) is 14.1 Å². The normalized spacial score (nSPS) is 15.8. The highest BCUT2D eigenvalue weighted by Gasteiger charge is 2.33. The van der Waals surface area contributed by atoms with E-state index in [-0.39, 0.29) is 10.8 Å². The molecule has 1 saturated heterocycles. The number of hydrogen-bond acceptors (Lipinski definition) is 4. The van der Waals surface area contributed by atoms with Crippen LogP contribution in [0.1, 0.15) is 40.2 Å². The number of hydrogen-bond donors (Lipinski definition) is 0. The van der Waals surface area contributed by atoms with Crippen molar-refractivity contribution in [1.29, 1.82) is 0 Å². The molecule has 3 rings (SSSR count). The van der Waals surface area contributed by atoms with Gasteiger partial charge in [0.25, 0.3) is 5.91 Å². The fraction of sp³-hybridized carbons (Fsp3) is 0.412. The largest absolute Gasteiger partial charge is 0.278 e. The standard InChI is InChI=1S/C17H21N3O3S/c1-12-6-8-15(9-7-12)17(21)20-14(3)16(13(2)18-20)24(22,23)19-10-4-5-11-19/h6-9H,4-5,10-11H2,1-3H3. The molecule has 0 spiro atoms. The van der Waals surface area contributed by atoms with Crippen molar-refractivity contribution >= 4 is 15.9 Å². The van der Waals surface area contributed by atoms with E-state index >= 15 is 0 Å². The molecule has 0 atom stereocenters. The summed E-state index contributed by atoms with van der Waals surface area (Å²) >= 11 is 0. The van der Waals surface area contributed by atoms with Gasteiger partial charge in [0, 0.05) is 18.7 Å². The van der Waals surface area contributed by atoms with Crippen LogP contribution in [0.15, 0.2) is 29.2 Å². The Bertz CT molecular complexity index is 877. The number of nitrogens with zero attached hydrogens (tertiary/aromatic N) is 3. The van der Waals surface area contributed by atoms with Crippen LogP contribution in [0.2, 0.25) is 0 Å². The van der Waals surface area contributed by atoms with Gasteiger partial charge in [0.1, 0.15) is 4.90 Å². The first kappa shape index (κ1) is 16.9. The Balaban J connectivity index is 2.03. The van der Waals surface area contributed by atoms with E-state index in [1.54, 1.807) is 26.0 Å². The number of aromatic nitrogens is 2. The van der Waals surface area contributed by atoms with E-state index in [1.165, 1.54) is 8.99 Å². The average Bonchev–Trinajstić information content (AvgIpc) is 3.16. The third kappa shape index (κ3) is 2.78. The predicted molar refractivity (Wildman–Crippen MR) is 90.6 cm³/mol. The highest BCUT2D eigenvalue weighted by Crippen LogP contribution is 2.26. The summed E-state index contributed by atoms with van der Waals surface area (Å²) in [6.45, 7) is 6.26. The molecule has 7 heteroatoms. The SMILES string of the molecule is Cc1ccc(C(=O)n2nc(C)c(S(=O)(=O)N3CCCC3)c2C)cc1. The van der Waals surface area contributed by atoms with Crippen LogP contribution >= 0.6 is 0 Å². The first-order valence-electron chi connectivity index (χ1n) is 8.00. The minimum atomic E-state index is -3.60. The van der Waals surface area contributed by atoms with Crippen LogP contribution in [-0.2, 0) is 10.0 Å². The molecule has 1 aromatic carbocycles. The minimum Gasteiger partial charge on any atom is -0.267 e. The van der Waals surface area contributed by atoms with E-state index < -0.39 is 10.0 Å². The molecule has 0 aliphatic carbocycles. The lowest BCUT2D eigenvalue weighted by atomic mass is 10.1. The Morgan fingerprint density at radius 3 is 2.21 bits per heavy atom. The van der Waals surface area contributed by atoms with E-state index in [2.05, 4.69) is 5.10 Å². The molecule has 128 valence electrons. The smallest absolute Gasteiger partial charge is 0.267 e. The van der Waals surface area contributed by atoms with E-state index in [0.29, 0.717) is 30.0 Å². The van der Waals surface area contributed by atoms with Gasteiger partial charge in [-0.25, -0.2) is 8.42 Å². The highest BCUT2D eigenvalue weighted by atomic mass is 32.2. The minimum absolute atomic E-state index is 0.157. The zero-order chi connectivity index (χ0) is 17.5. The summed E-state index contributed by atoms with van der Waals surface area (Å²) in [7, 11) is -3.60. The first-order valence-corrected chi connectivity index (χ1v) is 9.44. The Morgan fingerprint density at radius 1 is 1.04 bits per heavy atom. The molecule has 1 aromatic heterocycles. The van der Waals surface area contributed by atoms with Crippen LogP contribution in [0.4, 0.5) is 0 Å². The summed E-state index contributed by atoms with van der Waals surface area (Å²) in [6.07, 6.45) is 1.74. The molecule has 1 aliphatic rings. The van der Waals surface area contributed by atoms with Gasteiger partial charge in [-0.15, -0.1) is 0 Å². The third-order valence-corrected chi connectivity index (χ3v) is 6.53. The van der Waals surface area contributed by atoms with E-state index in [9.17, 15) is 13.2 Å². The van der Waals surface area contributed by atoms with Gasteiger partial charge < -0.3 is 0 Å². The molecule has 24 heavy (non-hydrogen) atoms. The Morgan fingerprint density at radius 2 is 1.62 bits per heavy atom. The van der Waals surface area contributed by atoms with Crippen molar-refractivity contribution in [2.75, 3.05) is 13.1 Å². The summed E-state index contributed by atoms with van der Waals surface area (Å²) in [5, 5.41) is 4.21. The van der Waals surface area contributed by atoms with E-state index in [1.807, 2.05) is 19.1 Å². The summed E-state index contributed by atoms with van der Waals surface area (Å²) in [5.41, 5.74) is 2.26. The molecule has 0 amide bonds. The number of rotatable bonds is 3. The van der Waals surface area contributed by atoms with Gasteiger partial charge in [-0.05, 0) is 45.7 Å². The van der Waals surface area contributed by atoms with Gasteiger partial charge in [-0.3, -0.25) is 4.79 Å². The van der Waals surface area contributed by atoms with Gasteiger partial charge in [0.05, 0.1) is 11.4 Å². The van der Waals surface area contributed by atoms with Gasteiger partial charge in [0.2, 0.25) is 10.0 Å². The van der Waals surface area contributed by atoms with Gasteiger partial charge in [-0.1, -0.05) is 17.7 Å². The molecule has 2 aromatic rings. The average molecular weight is 347 g/mol. The van der Waals surface area contributed by atoms with Crippen molar-refractivity contribution < 1.29 is 13.2 Å². The summed E-state index contributed by atoms with van der Waals surface area (Å²) in [6, 6.07) is 7.15. The van der Waals surface area contributed by atoms with Crippen LogP contribution in [0, 0.1) is 20.8 Å². The lowest BCUT2D eigenvalue weighted by Crippen LogP contribution is -2.29. The maximum absolute atomic E-state index is 12.9. The number of sulfonamides is 1. The molecule has 0 saturated carbocycles. The molecular weight excluding hydrogens is 326 g/mol. The maximum Gasteiger partial charge on any atom is 0.278 e. The number of aryl methyl sites for hydroxylation is 2. The van der Waals surface area contributed by atoms with Crippen molar-refractivity contribution in [3.63, 3.8) is 0 Å². The molecule has 0 bridgehead atoms. The maximum atomic E-state index is 12.9. The second-order valence-electron chi connectivity index (χ2n) is 6.19. The predicted octanol–water partition coefficient (Wildman–Crippen LogP) is 2.28. The van der Waals surface area contributed by atoms with Crippen LogP contribution < -0.4 is 0 Å². The molecule has 0 N–H and O–H groups in total. The number of benzene rings is 1. The molecule has 0 unspecified atom stereocenters. The molecular formula is C17H21N3O3S. The van der Waals surface area contributed by atoms with Crippen molar-refractivity contribution in [3.8, 4) is 0 Å². The topological polar surface area (TPSA) is 72.3 Å². The fourth-order valence-electron chi connectivity index (χ4n) is 3.08. The Hall–Kier alpha value is -1.99. The Labute approximate surface area is 142 Å². The molecule has 6 nitrogen and oxygen atoms in total. The zero-order valence-corrected chi connectivity index (χ0v) is 14.9. The van der Waals surface area contributed by atoms with Crippen LogP contribution in [0.25, 0.3) is 0 Å². The quantitative estimate of drug-likeness (QED) is 0.854. The van der Waals surface area contributed by atoms with Crippen molar-refractivity contribution in [2.45, 2.75) is 38.5 Å². The second-order valence-corrected chi connectivity index (χ2v) is 8.07. The van der Waals surface area contributed by atoms with Crippen molar-refractivity contribution in [2.24, 2.45) is 0 Å². The Kier molecular flexibility index (Phi) is 4.31. The number of carbonyl (C=O) groups excluding carboxylic acids is 1. The summed E-state index contributed by atoms with van der Waals surface area (Å²) in [5.74, 6) is -0.321. The fourth-order valence-corrected chi connectivity index (χ4v) is 4.95. The summed E-state index contributed by atoms with van der Waals surface area (Å²) < 4.78 is 28.4. The second kappa shape index (κ2) is 6.14. The third-order valence-electron chi connectivity index (χ3n) is 4.38. The van der Waals surface area contributed by atoms with Gasteiger partial charge in [0.15, 0.2) is 0 Å². The first-order chi connectivity index (χ1) is 11.3. The van der Waals surface area contributed by atoms with Crippen LogP contribution in [0.3, 0.4) is 0 Å². The van der Waals surface area contributed by atoms with E-state index in [4.69, 9.17) is 0 Å². The van der Waals surface area contributed by atoms with E-state index in [0.717, 1.165) is 18.4 Å². The molecule has 0 radical (unpaired) electrons. The summed E-state index contributed by atoms with van der Waals surface area (Å²) in [4.78, 5) is 12.8. The number of carbonyl (C=O) groups is 1. The van der Waals surface area contributed by atoms with Crippen LogP contribution in [0.5, 0.6) is 0 Å². The lowest BCUT2D eigenvalue weighted by Gasteiger charge is -2.15. The van der Waals surface area contributed by atoms with Gasteiger partial charge >= 0.3 is 0 Å². The highest BCUT2D eigenvalue weighted by molar-refractivity contribution is 7.89. The zero-order valence-electron chi connectivity index (χ0n) is 14.1. The molecule has 2 heterocycles. The van der Waals surface area contributed by atoms with Crippen LogP contribution in [-0.4, -0.2) is 41.5 Å². The van der Waals surface area contributed by atoms with Crippen molar-refractivity contribution in [1.82, 2.24) is 14.1 Å². The molecule has 1 aliphatic heterocycles. The lowest BCUT2D eigenvalue weighted by molar-refractivity contribution is 0.0942. The van der Waals surface area contributed by atoms with Crippen molar-refractivity contribution in [3.05, 3.63) is 46.8 Å². The monoisotopic (exact) mass is 347 g/mol. The molecule has 1 fully saturated rings.